The van der Waals surface area contributed by atoms with E-state index in [1.165, 1.54) is 5.56 Å². The molecule has 0 fully saturated rings. The van der Waals surface area contributed by atoms with Crippen LogP contribution in [0.25, 0.3) is 5.65 Å². The average Bonchev–Trinajstić information content (AvgIpc) is 3.05. The molecule has 0 amide bonds. The van der Waals surface area contributed by atoms with E-state index in [0.29, 0.717) is 17.8 Å². The Morgan fingerprint density at radius 3 is 2.56 bits per heavy atom. The van der Waals surface area contributed by atoms with Gasteiger partial charge in [-0.25, -0.2) is 0 Å². The molecule has 3 rings (SSSR count). The third-order valence-electron chi connectivity index (χ3n) is 4.37. The van der Waals surface area contributed by atoms with Gasteiger partial charge in [0.25, 0.3) is 0 Å². The fourth-order valence-electron chi connectivity index (χ4n) is 2.89. The zero-order valence-corrected chi connectivity index (χ0v) is 19.4. The van der Waals surface area contributed by atoms with Gasteiger partial charge in [-0.15, -0.1) is 0 Å². The molecule has 0 radical (unpaired) electrons. The minimum atomic E-state index is -2.49. The Bertz CT molecular complexity index is 948. The Labute approximate surface area is 164 Å². The molecule has 3 aromatic rings. The molecule has 1 aromatic carbocycles. The van der Waals surface area contributed by atoms with E-state index in [0.717, 1.165) is 16.1 Å². The molecule has 27 heavy (non-hydrogen) atoms. The second-order valence-corrected chi connectivity index (χ2v) is 21.9. The SMILES string of the molecule is CCOC(=O)c1cnn2c(N(C)Cc3ccccc3)c[c]([Sn]([CH3])([CH3])[CH3])nc12. The Balaban J connectivity index is 2.11. The summed E-state index contributed by atoms with van der Waals surface area (Å²) >= 11 is -2.49. The fraction of sp³-hybridized carbons (Fsp3) is 0.350. The maximum atomic E-state index is 12.3. The fourth-order valence-corrected chi connectivity index (χ4v) is 5.76. The molecule has 0 saturated heterocycles. The Kier molecular flexibility index (Phi) is 5.74. The van der Waals surface area contributed by atoms with Crippen LogP contribution in [0, 0.1) is 0 Å². The van der Waals surface area contributed by atoms with Gasteiger partial charge < -0.3 is 0 Å². The standard InChI is InChI=1S/C17H17N4O2.3CH3.Sn/c1-3-23-17(22)14-11-19-21-15(9-10-18-16(14)21)20(2)12-13-7-5-4-6-8-13;;;;/h4-9,11H,3,12H2,1-2H3;3*1H3;. The molecule has 2 heterocycles. The van der Waals surface area contributed by atoms with E-state index in [4.69, 9.17) is 9.72 Å². The molecular weight excluding hydrogens is 447 g/mol. The van der Waals surface area contributed by atoms with Crippen molar-refractivity contribution >= 4 is 39.5 Å². The second kappa shape index (κ2) is 7.88. The van der Waals surface area contributed by atoms with Crippen LogP contribution in [0.15, 0.2) is 42.6 Å². The van der Waals surface area contributed by atoms with E-state index in [2.05, 4.69) is 43.0 Å². The summed E-state index contributed by atoms with van der Waals surface area (Å²) in [5.74, 6) is 0.555. The number of carbonyl (C=O) groups excluding carboxylic acids is 1. The predicted octanol–water partition coefficient (Wildman–Crippen LogP) is 3.09. The first-order chi connectivity index (χ1) is 12.8. The predicted molar refractivity (Wildman–Crippen MR) is 110 cm³/mol. The first kappa shape index (κ1) is 19.7. The maximum absolute atomic E-state index is 12.3. The molecule has 7 heteroatoms. The number of aromatic nitrogens is 3. The van der Waals surface area contributed by atoms with Gasteiger partial charge >= 0.3 is 164 Å². The van der Waals surface area contributed by atoms with Crippen molar-refractivity contribution in [1.29, 1.82) is 0 Å². The van der Waals surface area contributed by atoms with Gasteiger partial charge in [-0.1, -0.05) is 0 Å². The number of hydrogen-bond donors (Lipinski definition) is 0. The van der Waals surface area contributed by atoms with E-state index in [1.54, 1.807) is 17.6 Å². The van der Waals surface area contributed by atoms with Gasteiger partial charge in [0.1, 0.15) is 0 Å². The normalized spacial score (nSPS) is 11.6. The molecule has 142 valence electrons. The molecular formula is C20H26N4O2Sn. The number of hydrogen-bond acceptors (Lipinski definition) is 5. The summed E-state index contributed by atoms with van der Waals surface area (Å²) in [6.45, 7) is 2.87. The first-order valence-corrected chi connectivity index (χ1v) is 19.1. The van der Waals surface area contributed by atoms with Gasteiger partial charge in [-0.3, -0.25) is 0 Å². The van der Waals surface area contributed by atoms with Crippen molar-refractivity contribution in [2.45, 2.75) is 28.3 Å². The van der Waals surface area contributed by atoms with Crippen LogP contribution in [0.5, 0.6) is 0 Å². The summed E-state index contributed by atoms with van der Waals surface area (Å²) in [5.41, 5.74) is 2.21. The number of nitrogens with zero attached hydrogens (tertiary/aromatic N) is 4. The van der Waals surface area contributed by atoms with Gasteiger partial charge in [0.05, 0.1) is 0 Å². The third-order valence-corrected chi connectivity index (χ3v) is 9.49. The van der Waals surface area contributed by atoms with E-state index in [9.17, 15) is 4.79 Å². The number of anilines is 1. The quantitative estimate of drug-likeness (QED) is 0.407. The van der Waals surface area contributed by atoms with Crippen molar-refractivity contribution in [2.75, 3.05) is 18.6 Å². The summed E-state index contributed by atoms with van der Waals surface area (Å²) in [7, 11) is 2.04. The van der Waals surface area contributed by atoms with E-state index >= 15 is 0 Å². The van der Waals surface area contributed by atoms with E-state index < -0.39 is 18.4 Å². The van der Waals surface area contributed by atoms with Crippen LogP contribution in [0.2, 0.25) is 14.8 Å². The van der Waals surface area contributed by atoms with Crippen LogP contribution in [-0.2, 0) is 11.3 Å². The second-order valence-electron chi connectivity index (χ2n) is 7.61. The monoisotopic (exact) mass is 474 g/mol. The van der Waals surface area contributed by atoms with Crippen molar-refractivity contribution in [2.24, 2.45) is 0 Å². The van der Waals surface area contributed by atoms with Gasteiger partial charge in [-0.2, -0.15) is 0 Å². The molecule has 0 bridgehead atoms. The van der Waals surface area contributed by atoms with Crippen molar-refractivity contribution in [3.8, 4) is 0 Å². The summed E-state index contributed by atoms with van der Waals surface area (Å²) in [6, 6.07) is 12.4. The molecule has 0 aliphatic carbocycles. The number of benzene rings is 1. The molecule has 0 unspecified atom stereocenters. The minimum absolute atomic E-state index is 0.329. The van der Waals surface area contributed by atoms with Crippen LogP contribution in [-0.4, -0.2) is 52.6 Å². The van der Waals surface area contributed by atoms with Crippen LogP contribution in [0.1, 0.15) is 22.8 Å². The molecule has 0 N–H and O–H groups in total. The van der Waals surface area contributed by atoms with Gasteiger partial charge in [0.15, 0.2) is 0 Å². The van der Waals surface area contributed by atoms with Gasteiger partial charge in [0, 0.05) is 0 Å². The van der Waals surface area contributed by atoms with Crippen molar-refractivity contribution in [1.82, 2.24) is 14.6 Å². The number of carbonyl (C=O) groups is 1. The van der Waals surface area contributed by atoms with Crippen LogP contribution >= 0.6 is 0 Å². The number of rotatable bonds is 6. The summed E-state index contributed by atoms with van der Waals surface area (Å²) in [4.78, 5) is 26.3. The summed E-state index contributed by atoms with van der Waals surface area (Å²) in [5, 5.41) is 4.44. The van der Waals surface area contributed by atoms with Gasteiger partial charge in [-0.05, 0) is 0 Å². The zero-order valence-electron chi connectivity index (χ0n) is 16.6. The Morgan fingerprint density at radius 1 is 1.22 bits per heavy atom. The molecule has 0 saturated carbocycles. The van der Waals surface area contributed by atoms with Crippen LogP contribution in [0.4, 0.5) is 5.82 Å². The van der Waals surface area contributed by atoms with Crippen molar-refractivity contribution in [3.63, 3.8) is 0 Å². The van der Waals surface area contributed by atoms with E-state index in [1.807, 2.05) is 25.2 Å². The number of ether oxygens (including phenoxy) is 1. The van der Waals surface area contributed by atoms with Crippen LogP contribution in [0.3, 0.4) is 0 Å². The zero-order chi connectivity index (χ0) is 19.6. The Morgan fingerprint density at radius 2 is 1.93 bits per heavy atom. The van der Waals surface area contributed by atoms with Gasteiger partial charge in [0.2, 0.25) is 0 Å². The average molecular weight is 473 g/mol. The molecule has 0 aliphatic heterocycles. The molecule has 6 nitrogen and oxygen atoms in total. The summed E-state index contributed by atoms with van der Waals surface area (Å²) < 4.78 is 8.04. The van der Waals surface area contributed by atoms with Crippen molar-refractivity contribution in [3.05, 3.63) is 53.7 Å². The third kappa shape index (κ3) is 4.26. The van der Waals surface area contributed by atoms with Crippen LogP contribution < -0.4 is 8.61 Å². The van der Waals surface area contributed by atoms with Crippen molar-refractivity contribution < 1.29 is 9.53 Å². The number of fused-ring (bicyclic) bond motifs is 1. The first-order valence-electron chi connectivity index (χ1n) is 9.12. The summed E-state index contributed by atoms with van der Waals surface area (Å²) in [6.07, 6.45) is 1.56. The molecule has 0 spiro atoms. The van der Waals surface area contributed by atoms with E-state index in [-0.39, 0.29) is 5.97 Å². The molecule has 2 aromatic heterocycles. The molecule has 0 aliphatic rings. The Hall–Kier alpha value is -2.09. The molecule has 0 atom stereocenters. The topological polar surface area (TPSA) is 59.7 Å². The number of esters is 1.